The van der Waals surface area contributed by atoms with Crippen molar-refractivity contribution in [2.24, 2.45) is 5.92 Å². The highest BCUT2D eigenvalue weighted by atomic mass is 32.2. The zero-order chi connectivity index (χ0) is 10.2. The third kappa shape index (κ3) is 1.57. The first-order chi connectivity index (χ1) is 6.63. The smallest absolute Gasteiger partial charge is 0.102 e. The average Bonchev–Trinajstić information content (AvgIpc) is 2.49. The topological polar surface area (TPSA) is 20.2 Å². The van der Waals surface area contributed by atoms with E-state index in [9.17, 15) is 5.11 Å². The van der Waals surface area contributed by atoms with Gasteiger partial charge in [-0.3, -0.25) is 0 Å². The van der Waals surface area contributed by atoms with Gasteiger partial charge in [-0.15, -0.1) is 0 Å². The van der Waals surface area contributed by atoms with Crippen LogP contribution in [-0.2, 0) is 5.60 Å². The molecule has 1 saturated heterocycles. The lowest BCUT2D eigenvalue weighted by Crippen LogP contribution is -2.32. The molecule has 14 heavy (non-hydrogen) atoms. The van der Waals surface area contributed by atoms with Crippen molar-refractivity contribution in [3.63, 3.8) is 0 Å². The van der Waals surface area contributed by atoms with Crippen LogP contribution in [-0.4, -0.2) is 16.6 Å². The SMILES string of the molecule is Cc1cccc([C@@]2(O)CSC[C@H]2C)c1. The van der Waals surface area contributed by atoms with Gasteiger partial charge in [0.15, 0.2) is 0 Å². The van der Waals surface area contributed by atoms with Gasteiger partial charge in [-0.2, -0.15) is 11.8 Å². The van der Waals surface area contributed by atoms with E-state index in [0.717, 1.165) is 17.1 Å². The van der Waals surface area contributed by atoms with Crippen LogP contribution in [0.15, 0.2) is 24.3 Å². The molecule has 0 radical (unpaired) electrons. The van der Waals surface area contributed by atoms with E-state index >= 15 is 0 Å². The van der Waals surface area contributed by atoms with Crippen molar-refractivity contribution in [3.05, 3.63) is 35.4 Å². The van der Waals surface area contributed by atoms with Crippen molar-refractivity contribution in [1.82, 2.24) is 0 Å². The second-order valence-corrected chi connectivity index (χ2v) is 5.24. The lowest BCUT2D eigenvalue weighted by Gasteiger charge is -2.27. The van der Waals surface area contributed by atoms with Gasteiger partial charge in [0.1, 0.15) is 5.60 Å². The molecule has 2 heteroatoms. The summed E-state index contributed by atoms with van der Waals surface area (Å²) in [5.74, 6) is 2.25. The molecule has 0 saturated carbocycles. The summed E-state index contributed by atoms with van der Waals surface area (Å²) in [5.41, 5.74) is 1.70. The third-order valence-electron chi connectivity index (χ3n) is 3.02. The minimum Gasteiger partial charge on any atom is -0.384 e. The van der Waals surface area contributed by atoms with E-state index in [1.54, 1.807) is 0 Å². The van der Waals surface area contributed by atoms with Crippen LogP contribution >= 0.6 is 11.8 Å². The molecule has 1 N–H and O–H groups in total. The molecule has 2 atom stereocenters. The number of aryl methyl sites for hydroxylation is 1. The van der Waals surface area contributed by atoms with Crippen molar-refractivity contribution in [1.29, 1.82) is 0 Å². The lowest BCUT2D eigenvalue weighted by molar-refractivity contribution is 0.0234. The normalized spacial score (nSPS) is 32.1. The Labute approximate surface area is 89.5 Å². The van der Waals surface area contributed by atoms with Crippen LogP contribution in [0.3, 0.4) is 0 Å². The first-order valence-electron chi connectivity index (χ1n) is 5.00. The number of hydrogen-bond acceptors (Lipinski definition) is 2. The van der Waals surface area contributed by atoms with E-state index in [1.165, 1.54) is 5.56 Å². The fourth-order valence-electron chi connectivity index (χ4n) is 1.95. The molecule has 0 bridgehead atoms. The van der Waals surface area contributed by atoms with Crippen molar-refractivity contribution < 1.29 is 5.11 Å². The van der Waals surface area contributed by atoms with Crippen molar-refractivity contribution in [2.75, 3.05) is 11.5 Å². The Bertz CT molecular complexity index is 337. The van der Waals surface area contributed by atoms with Crippen LogP contribution in [0.1, 0.15) is 18.1 Å². The summed E-state index contributed by atoms with van der Waals surface area (Å²) < 4.78 is 0. The predicted octanol–water partition coefficient (Wildman–Crippen LogP) is 2.57. The van der Waals surface area contributed by atoms with Gasteiger partial charge in [-0.1, -0.05) is 36.8 Å². The molecule has 1 aromatic carbocycles. The summed E-state index contributed by atoms with van der Waals surface area (Å²) in [5, 5.41) is 10.5. The molecule has 76 valence electrons. The second-order valence-electron chi connectivity index (χ2n) is 4.21. The number of aliphatic hydroxyl groups is 1. The Hall–Kier alpha value is -0.470. The maximum atomic E-state index is 10.5. The van der Waals surface area contributed by atoms with Crippen LogP contribution < -0.4 is 0 Å². The Balaban J connectivity index is 2.38. The van der Waals surface area contributed by atoms with Gasteiger partial charge in [-0.25, -0.2) is 0 Å². The highest BCUT2D eigenvalue weighted by Gasteiger charge is 2.40. The van der Waals surface area contributed by atoms with E-state index in [4.69, 9.17) is 0 Å². The van der Waals surface area contributed by atoms with Crippen LogP contribution in [0.5, 0.6) is 0 Å². The van der Waals surface area contributed by atoms with Crippen LogP contribution in [0, 0.1) is 12.8 Å². The Kier molecular flexibility index (Phi) is 2.58. The van der Waals surface area contributed by atoms with Gasteiger partial charge in [0.05, 0.1) is 0 Å². The monoisotopic (exact) mass is 208 g/mol. The molecule has 1 aliphatic heterocycles. The summed E-state index contributed by atoms with van der Waals surface area (Å²) in [6.45, 7) is 4.20. The standard InChI is InChI=1S/C12H16OS/c1-9-4-3-5-11(6-9)12(13)8-14-7-10(12)2/h3-6,10,13H,7-8H2,1-2H3/t10-,12-/m1/s1. The Morgan fingerprint density at radius 2 is 2.29 bits per heavy atom. The first-order valence-corrected chi connectivity index (χ1v) is 6.15. The quantitative estimate of drug-likeness (QED) is 0.765. The van der Waals surface area contributed by atoms with Gasteiger partial charge >= 0.3 is 0 Å². The van der Waals surface area contributed by atoms with E-state index < -0.39 is 5.60 Å². The minimum atomic E-state index is -0.601. The minimum absolute atomic E-state index is 0.356. The third-order valence-corrected chi connectivity index (χ3v) is 4.40. The summed E-state index contributed by atoms with van der Waals surface area (Å²) in [4.78, 5) is 0. The molecule has 0 aromatic heterocycles. The zero-order valence-electron chi connectivity index (χ0n) is 8.66. The molecular formula is C12H16OS. The zero-order valence-corrected chi connectivity index (χ0v) is 9.47. The van der Waals surface area contributed by atoms with Gasteiger partial charge in [0.2, 0.25) is 0 Å². The lowest BCUT2D eigenvalue weighted by atomic mass is 9.85. The fourth-order valence-corrected chi connectivity index (χ4v) is 3.46. The fraction of sp³-hybridized carbons (Fsp3) is 0.500. The molecule has 1 heterocycles. The Morgan fingerprint density at radius 1 is 1.50 bits per heavy atom. The summed E-state index contributed by atoms with van der Waals surface area (Å²) in [7, 11) is 0. The molecule has 1 fully saturated rings. The highest BCUT2D eigenvalue weighted by Crippen LogP contribution is 2.41. The van der Waals surface area contributed by atoms with Crippen molar-refractivity contribution in [3.8, 4) is 0 Å². The summed E-state index contributed by atoms with van der Waals surface area (Å²) in [6.07, 6.45) is 0. The first kappa shape index (κ1) is 10.1. The maximum Gasteiger partial charge on any atom is 0.102 e. The maximum absolute atomic E-state index is 10.5. The van der Waals surface area contributed by atoms with Gasteiger partial charge in [0, 0.05) is 5.75 Å². The van der Waals surface area contributed by atoms with Crippen LogP contribution in [0.4, 0.5) is 0 Å². The van der Waals surface area contributed by atoms with Crippen molar-refractivity contribution >= 4 is 11.8 Å². The molecule has 0 amide bonds. The summed E-state index contributed by atoms with van der Waals surface area (Å²) in [6, 6.07) is 8.23. The van der Waals surface area contributed by atoms with E-state index in [1.807, 2.05) is 23.9 Å². The van der Waals surface area contributed by atoms with E-state index in [-0.39, 0.29) is 0 Å². The van der Waals surface area contributed by atoms with Crippen LogP contribution in [0.25, 0.3) is 0 Å². The Morgan fingerprint density at radius 3 is 2.86 bits per heavy atom. The number of rotatable bonds is 1. The van der Waals surface area contributed by atoms with Crippen LogP contribution in [0.2, 0.25) is 0 Å². The largest absolute Gasteiger partial charge is 0.384 e. The molecule has 1 aromatic rings. The predicted molar refractivity (Wildman–Crippen MR) is 61.6 cm³/mol. The number of thioether (sulfide) groups is 1. The molecule has 2 rings (SSSR count). The number of benzene rings is 1. The molecular weight excluding hydrogens is 192 g/mol. The van der Waals surface area contributed by atoms with Gasteiger partial charge < -0.3 is 5.11 Å². The van der Waals surface area contributed by atoms with Gasteiger partial charge in [-0.05, 0) is 24.2 Å². The average molecular weight is 208 g/mol. The molecule has 1 nitrogen and oxygen atoms in total. The molecule has 1 aliphatic rings. The number of hydrogen-bond donors (Lipinski definition) is 1. The second kappa shape index (κ2) is 3.59. The molecule has 0 unspecified atom stereocenters. The van der Waals surface area contributed by atoms with E-state index in [0.29, 0.717) is 5.92 Å². The van der Waals surface area contributed by atoms with Gasteiger partial charge in [0.25, 0.3) is 0 Å². The molecule has 0 aliphatic carbocycles. The summed E-state index contributed by atoms with van der Waals surface area (Å²) >= 11 is 1.84. The molecule has 0 spiro atoms. The highest BCUT2D eigenvalue weighted by molar-refractivity contribution is 7.99. The van der Waals surface area contributed by atoms with E-state index in [2.05, 4.69) is 26.0 Å². The van der Waals surface area contributed by atoms with Crippen molar-refractivity contribution in [2.45, 2.75) is 19.4 Å².